The number of hydrogen-bond donors (Lipinski definition) is 1. The largest absolute Gasteiger partial charge is 0.460 e. The van der Waals surface area contributed by atoms with Crippen LogP contribution in [-0.2, 0) is 14.8 Å². The molecule has 3 aromatic carbocycles. The van der Waals surface area contributed by atoms with Crippen molar-refractivity contribution in [3.8, 4) is 0 Å². The van der Waals surface area contributed by atoms with Gasteiger partial charge in [-0.3, -0.25) is 4.72 Å². The van der Waals surface area contributed by atoms with E-state index < -0.39 is 16.0 Å². The molecule has 0 amide bonds. The van der Waals surface area contributed by atoms with Crippen molar-refractivity contribution < 1.29 is 22.4 Å². The van der Waals surface area contributed by atoms with E-state index in [1.165, 1.54) is 0 Å². The topological polar surface area (TPSA) is 85.6 Å². The number of esters is 1. The molecule has 0 bridgehead atoms. The second kappa shape index (κ2) is 7.50. The Bertz CT molecular complexity index is 1370. The van der Waals surface area contributed by atoms with E-state index in [9.17, 15) is 13.2 Å². The summed E-state index contributed by atoms with van der Waals surface area (Å²) in [5, 5.41) is 2.29. The van der Waals surface area contributed by atoms with Crippen LogP contribution in [0.25, 0.3) is 21.7 Å². The highest BCUT2D eigenvalue weighted by molar-refractivity contribution is 7.92. The van der Waals surface area contributed by atoms with Crippen LogP contribution in [0.5, 0.6) is 0 Å². The fraction of sp³-hybridized carbons (Fsp3) is 0.174. The summed E-state index contributed by atoms with van der Waals surface area (Å²) in [6, 6.07) is 17.3. The summed E-state index contributed by atoms with van der Waals surface area (Å²) in [6.07, 6.45) is -0.281. The SMILES string of the molecule is Cc1oc2ccc(NS(=O)(=O)c3ccc4ccccc4c3)cc2c1C(=O)OC(C)C. The molecule has 0 fully saturated rings. The lowest BCUT2D eigenvalue weighted by atomic mass is 10.1. The molecule has 4 rings (SSSR count). The average molecular weight is 423 g/mol. The maximum atomic E-state index is 12.9. The van der Waals surface area contributed by atoms with Crippen molar-refractivity contribution in [1.82, 2.24) is 0 Å². The molecule has 0 radical (unpaired) electrons. The molecule has 1 aromatic heterocycles. The predicted molar refractivity (Wildman–Crippen MR) is 116 cm³/mol. The van der Waals surface area contributed by atoms with Gasteiger partial charge in [0.15, 0.2) is 0 Å². The number of furan rings is 1. The Balaban J connectivity index is 1.71. The number of fused-ring (bicyclic) bond motifs is 2. The van der Waals surface area contributed by atoms with Crippen LogP contribution in [0, 0.1) is 6.92 Å². The summed E-state index contributed by atoms with van der Waals surface area (Å²) in [6.45, 7) is 5.20. The summed E-state index contributed by atoms with van der Waals surface area (Å²) < 4.78 is 39.4. The number of nitrogens with one attached hydrogen (secondary N) is 1. The number of anilines is 1. The van der Waals surface area contributed by atoms with Crippen LogP contribution >= 0.6 is 0 Å². The number of carbonyl (C=O) groups excluding carboxylic acids is 1. The van der Waals surface area contributed by atoms with E-state index in [-0.39, 0.29) is 11.0 Å². The number of hydrogen-bond acceptors (Lipinski definition) is 5. The van der Waals surface area contributed by atoms with E-state index in [1.54, 1.807) is 57.2 Å². The van der Waals surface area contributed by atoms with Crippen LogP contribution in [0.4, 0.5) is 5.69 Å². The quantitative estimate of drug-likeness (QED) is 0.443. The van der Waals surface area contributed by atoms with Crippen molar-refractivity contribution >= 4 is 43.4 Å². The molecule has 0 saturated heterocycles. The van der Waals surface area contributed by atoms with Crippen LogP contribution in [0.2, 0.25) is 0 Å². The molecule has 1 heterocycles. The third-order valence-electron chi connectivity index (χ3n) is 4.69. The standard InChI is InChI=1S/C23H21NO5S/c1-14(2)28-23(25)22-15(3)29-21-11-9-18(13-20(21)22)24-30(26,27)19-10-8-16-6-4-5-7-17(16)12-19/h4-14,24H,1-3H3. The average Bonchev–Trinajstić information content (AvgIpc) is 3.02. The van der Waals surface area contributed by atoms with Crippen LogP contribution < -0.4 is 4.72 Å². The van der Waals surface area contributed by atoms with E-state index in [0.717, 1.165) is 10.8 Å². The van der Waals surface area contributed by atoms with Gasteiger partial charge < -0.3 is 9.15 Å². The highest BCUT2D eigenvalue weighted by Gasteiger charge is 2.22. The molecule has 4 aromatic rings. The number of carbonyl (C=O) groups is 1. The molecule has 7 heteroatoms. The van der Waals surface area contributed by atoms with E-state index in [2.05, 4.69) is 4.72 Å². The van der Waals surface area contributed by atoms with Gasteiger partial charge >= 0.3 is 5.97 Å². The molecule has 0 saturated carbocycles. The number of aryl methyl sites for hydroxylation is 1. The highest BCUT2D eigenvalue weighted by Crippen LogP contribution is 2.30. The van der Waals surface area contributed by atoms with Gasteiger partial charge in [-0.15, -0.1) is 0 Å². The number of ether oxygens (including phenoxy) is 1. The monoisotopic (exact) mass is 423 g/mol. The number of benzene rings is 3. The molecule has 6 nitrogen and oxygen atoms in total. The van der Waals surface area contributed by atoms with Crippen molar-refractivity contribution in [2.45, 2.75) is 31.8 Å². The first-order valence-corrected chi connectivity index (χ1v) is 11.0. The van der Waals surface area contributed by atoms with Crippen molar-refractivity contribution in [3.63, 3.8) is 0 Å². The van der Waals surface area contributed by atoms with E-state index >= 15 is 0 Å². The molecule has 0 atom stereocenters. The molecule has 0 aliphatic heterocycles. The van der Waals surface area contributed by atoms with Gasteiger partial charge in [0.25, 0.3) is 10.0 Å². The van der Waals surface area contributed by atoms with Crippen molar-refractivity contribution in [1.29, 1.82) is 0 Å². The van der Waals surface area contributed by atoms with Gasteiger partial charge in [0, 0.05) is 11.1 Å². The van der Waals surface area contributed by atoms with Gasteiger partial charge in [-0.1, -0.05) is 30.3 Å². The molecule has 1 N–H and O–H groups in total. The summed E-state index contributed by atoms with van der Waals surface area (Å²) in [5.41, 5.74) is 1.11. The lowest BCUT2D eigenvalue weighted by molar-refractivity contribution is 0.0378. The van der Waals surface area contributed by atoms with Crippen LogP contribution in [0.15, 0.2) is 70.0 Å². The van der Waals surface area contributed by atoms with Crippen molar-refractivity contribution in [3.05, 3.63) is 72.0 Å². The molecule has 0 aliphatic carbocycles. The van der Waals surface area contributed by atoms with E-state index in [1.807, 2.05) is 24.3 Å². The fourth-order valence-electron chi connectivity index (χ4n) is 3.36. The summed E-state index contributed by atoms with van der Waals surface area (Å²) in [4.78, 5) is 12.6. The number of sulfonamides is 1. The molecule has 30 heavy (non-hydrogen) atoms. The Hall–Kier alpha value is -3.32. The highest BCUT2D eigenvalue weighted by atomic mass is 32.2. The normalized spacial score (nSPS) is 11.9. The second-order valence-electron chi connectivity index (χ2n) is 7.31. The lowest BCUT2D eigenvalue weighted by Gasteiger charge is -2.10. The van der Waals surface area contributed by atoms with Crippen molar-refractivity contribution in [2.24, 2.45) is 0 Å². The van der Waals surface area contributed by atoms with Gasteiger partial charge in [0.05, 0.1) is 11.0 Å². The van der Waals surface area contributed by atoms with Crippen LogP contribution in [0.3, 0.4) is 0 Å². The second-order valence-corrected chi connectivity index (χ2v) is 9.00. The third-order valence-corrected chi connectivity index (χ3v) is 6.07. The van der Waals surface area contributed by atoms with Gasteiger partial charge in [-0.25, -0.2) is 13.2 Å². The predicted octanol–water partition coefficient (Wildman–Crippen LogP) is 5.26. The molecular formula is C23H21NO5S. The van der Waals surface area contributed by atoms with Gasteiger partial charge in [-0.2, -0.15) is 0 Å². The summed E-state index contributed by atoms with van der Waals surface area (Å²) in [5.74, 6) is -0.0824. The maximum absolute atomic E-state index is 12.9. The fourth-order valence-corrected chi connectivity index (χ4v) is 4.44. The molecule has 0 spiro atoms. The molecule has 0 unspecified atom stereocenters. The zero-order valence-corrected chi connectivity index (χ0v) is 17.6. The first-order valence-electron chi connectivity index (χ1n) is 9.50. The molecule has 0 aliphatic rings. The Morgan fingerprint density at radius 2 is 1.73 bits per heavy atom. The minimum Gasteiger partial charge on any atom is -0.460 e. The zero-order chi connectivity index (χ0) is 21.5. The first kappa shape index (κ1) is 20.0. The molecular weight excluding hydrogens is 402 g/mol. The summed E-state index contributed by atoms with van der Waals surface area (Å²) >= 11 is 0. The van der Waals surface area contributed by atoms with Gasteiger partial charge in [-0.05, 0) is 61.9 Å². The van der Waals surface area contributed by atoms with Crippen LogP contribution in [0.1, 0.15) is 30.0 Å². The Morgan fingerprint density at radius 1 is 1.00 bits per heavy atom. The van der Waals surface area contributed by atoms with Crippen LogP contribution in [-0.4, -0.2) is 20.5 Å². The Labute approximate surface area is 174 Å². The van der Waals surface area contributed by atoms with E-state index in [0.29, 0.717) is 28.0 Å². The summed E-state index contributed by atoms with van der Waals surface area (Å²) in [7, 11) is -3.82. The van der Waals surface area contributed by atoms with Gasteiger partial charge in [0.1, 0.15) is 16.9 Å². The minimum atomic E-state index is -3.82. The third kappa shape index (κ3) is 3.76. The first-order chi connectivity index (χ1) is 14.2. The number of rotatable bonds is 5. The van der Waals surface area contributed by atoms with Crippen molar-refractivity contribution in [2.75, 3.05) is 4.72 Å². The minimum absolute atomic E-state index is 0.157. The lowest BCUT2D eigenvalue weighted by Crippen LogP contribution is -2.13. The maximum Gasteiger partial charge on any atom is 0.342 e. The zero-order valence-electron chi connectivity index (χ0n) is 16.8. The van der Waals surface area contributed by atoms with Gasteiger partial charge in [0.2, 0.25) is 0 Å². The Kier molecular flexibility index (Phi) is 4.99. The molecule has 154 valence electrons. The smallest absolute Gasteiger partial charge is 0.342 e. The van der Waals surface area contributed by atoms with E-state index in [4.69, 9.17) is 9.15 Å². The Morgan fingerprint density at radius 3 is 2.47 bits per heavy atom.